The van der Waals surface area contributed by atoms with Crippen molar-refractivity contribution in [2.75, 3.05) is 11.9 Å². The first-order chi connectivity index (χ1) is 7.66. The lowest BCUT2D eigenvalue weighted by atomic mass is 10.1. The molecule has 5 heteroatoms. The van der Waals surface area contributed by atoms with Gasteiger partial charge in [-0.15, -0.1) is 11.6 Å². The number of nitrogens with one attached hydrogen (secondary N) is 1. The van der Waals surface area contributed by atoms with Gasteiger partial charge in [-0.05, 0) is 12.0 Å². The minimum Gasteiger partial charge on any atom is -0.368 e. The van der Waals surface area contributed by atoms with E-state index in [1.54, 1.807) is 10.7 Å². The Balaban J connectivity index is 2.04. The van der Waals surface area contributed by atoms with Gasteiger partial charge in [0.1, 0.15) is 5.82 Å². The highest BCUT2D eigenvalue weighted by molar-refractivity contribution is 6.21. The average molecular weight is 239 g/mol. The maximum atomic E-state index is 6.15. The number of aromatic nitrogens is 3. The van der Waals surface area contributed by atoms with Crippen molar-refractivity contribution >= 4 is 23.1 Å². The van der Waals surface area contributed by atoms with E-state index in [1.807, 2.05) is 18.3 Å². The van der Waals surface area contributed by atoms with E-state index in [0.29, 0.717) is 5.92 Å². The van der Waals surface area contributed by atoms with E-state index >= 15 is 0 Å². The highest BCUT2D eigenvalue weighted by atomic mass is 35.5. The molecule has 0 aliphatic heterocycles. The van der Waals surface area contributed by atoms with Gasteiger partial charge >= 0.3 is 0 Å². The standard InChI is InChI=1S/C11H15ClN4/c1-8(2)9(12)7-13-10-4-6-16-11(15-10)3-5-14-16/h3-6,8-9H,7H2,1-2H3,(H,13,15). The second-order valence-electron chi connectivity index (χ2n) is 4.09. The van der Waals surface area contributed by atoms with Gasteiger partial charge in [-0.3, -0.25) is 0 Å². The molecular weight excluding hydrogens is 224 g/mol. The van der Waals surface area contributed by atoms with Gasteiger partial charge < -0.3 is 5.32 Å². The molecule has 0 saturated carbocycles. The van der Waals surface area contributed by atoms with Crippen molar-refractivity contribution in [3.63, 3.8) is 0 Å². The number of rotatable bonds is 4. The van der Waals surface area contributed by atoms with Crippen LogP contribution in [0.4, 0.5) is 5.82 Å². The summed E-state index contributed by atoms with van der Waals surface area (Å²) < 4.78 is 1.73. The van der Waals surface area contributed by atoms with Crippen LogP contribution in [0.5, 0.6) is 0 Å². The Hall–Kier alpha value is -1.29. The zero-order valence-corrected chi connectivity index (χ0v) is 10.1. The molecule has 2 rings (SSSR count). The summed E-state index contributed by atoms with van der Waals surface area (Å²) in [5.74, 6) is 1.28. The summed E-state index contributed by atoms with van der Waals surface area (Å²) in [5, 5.41) is 7.42. The normalized spacial score (nSPS) is 13.2. The third kappa shape index (κ3) is 2.44. The Kier molecular flexibility index (Phi) is 3.29. The second kappa shape index (κ2) is 4.70. The smallest absolute Gasteiger partial charge is 0.157 e. The van der Waals surface area contributed by atoms with E-state index in [1.165, 1.54) is 0 Å². The summed E-state index contributed by atoms with van der Waals surface area (Å²) in [7, 11) is 0. The van der Waals surface area contributed by atoms with Crippen LogP contribution in [0.25, 0.3) is 5.65 Å². The summed E-state index contributed by atoms with van der Waals surface area (Å²) in [6.45, 7) is 4.93. The average Bonchev–Trinajstić information content (AvgIpc) is 2.72. The zero-order valence-electron chi connectivity index (χ0n) is 9.39. The lowest BCUT2D eigenvalue weighted by molar-refractivity contribution is 0.615. The Morgan fingerprint density at radius 2 is 2.25 bits per heavy atom. The molecule has 2 heterocycles. The lowest BCUT2D eigenvalue weighted by Crippen LogP contribution is -2.20. The fraction of sp³-hybridized carbons (Fsp3) is 0.455. The van der Waals surface area contributed by atoms with Crippen LogP contribution in [0.3, 0.4) is 0 Å². The fourth-order valence-electron chi connectivity index (χ4n) is 1.35. The molecule has 16 heavy (non-hydrogen) atoms. The number of fused-ring (bicyclic) bond motifs is 1. The molecule has 0 fully saturated rings. The first-order valence-corrected chi connectivity index (χ1v) is 5.79. The fourth-order valence-corrected chi connectivity index (χ4v) is 1.43. The molecule has 0 aromatic carbocycles. The molecule has 1 N–H and O–H groups in total. The van der Waals surface area contributed by atoms with Gasteiger partial charge in [-0.1, -0.05) is 13.8 Å². The third-order valence-electron chi connectivity index (χ3n) is 2.46. The Morgan fingerprint density at radius 3 is 3.00 bits per heavy atom. The van der Waals surface area contributed by atoms with E-state index in [-0.39, 0.29) is 5.38 Å². The van der Waals surface area contributed by atoms with Gasteiger partial charge in [0.25, 0.3) is 0 Å². The third-order valence-corrected chi connectivity index (χ3v) is 3.12. The van der Waals surface area contributed by atoms with Gasteiger partial charge in [-0.2, -0.15) is 5.10 Å². The monoisotopic (exact) mass is 238 g/mol. The van der Waals surface area contributed by atoms with Crippen LogP contribution < -0.4 is 5.32 Å². The van der Waals surface area contributed by atoms with Gasteiger partial charge in [-0.25, -0.2) is 9.50 Å². The van der Waals surface area contributed by atoms with Crippen LogP contribution in [0, 0.1) is 5.92 Å². The van der Waals surface area contributed by atoms with Crippen molar-refractivity contribution in [1.82, 2.24) is 14.6 Å². The number of anilines is 1. The van der Waals surface area contributed by atoms with Crippen LogP contribution in [-0.4, -0.2) is 26.5 Å². The van der Waals surface area contributed by atoms with Crippen LogP contribution in [0.15, 0.2) is 24.5 Å². The number of nitrogens with zero attached hydrogens (tertiary/aromatic N) is 3. The molecule has 2 aromatic heterocycles. The lowest BCUT2D eigenvalue weighted by Gasteiger charge is -2.14. The van der Waals surface area contributed by atoms with E-state index in [9.17, 15) is 0 Å². The molecule has 0 amide bonds. The van der Waals surface area contributed by atoms with Gasteiger partial charge in [0.2, 0.25) is 0 Å². The molecule has 86 valence electrons. The van der Waals surface area contributed by atoms with Crippen molar-refractivity contribution in [3.05, 3.63) is 24.5 Å². The predicted molar refractivity (Wildman–Crippen MR) is 66.0 cm³/mol. The van der Waals surface area contributed by atoms with Crippen LogP contribution in [0.1, 0.15) is 13.8 Å². The number of alkyl halides is 1. The van der Waals surface area contributed by atoms with E-state index in [4.69, 9.17) is 11.6 Å². The summed E-state index contributed by atoms with van der Waals surface area (Å²) in [5.41, 5.74) is 0.834. The second-order valence-corrected chi connectivity index (χ2v) is 4.65. The highest BCUT2D eigenvalue weighted by Crippen LogP contribution is 2.11. The molecule has 0 radical (unpaired) electrons. The highest BCUT2D eigenvalue weighted by Gasteiger charge is 2.09. The minimum atomic E-state index is 0.114. The van der Waals surface area contributed by atoms with Crippen molar-refractivity contribution in [3.8, 4) is 0 Å². The topological polar surface area (TPSA) is 42.2 Å². The van der Waals surface area contributed by atoms with Crippen LogP contribution in [-0.2, 0) is 0 Å². The molecule has 1 atom stereocenters. The van der Waals surface area contributed by atoms with Gasteiger partial charge in [0.15, 0.2) is 5.65 Å². The number of halogens is 1. The number of hydrogen-bond acceptors (Lipinski definition) is 3. The maximum absolute atomic E-state index is 6.15. The molecule has 1 unspecified atom stereocenters. The molecule has 0 saturated heterocycles. The Morgan fingerprint density at radius 1 is 1.44 bits per heavy atom. The first kappa shape index (κ1) is 11.2. The summed E-state index contributed by atoms with van der Waals surface area (Å²) in [6.07, 6.45) is 3.61. The van der Waals surface area contributed by atoms with E-state index in [0.717, 1.165) is 18.0 Å². The van der Waals surface area contributed by atoms with Crippen molar-refractivity contribution in [2.45, 2.75) is 19.2 Å². The van der Waals surface area contributed by atoms with Crippen molar-refractivity contribution in [1.29, 1.82) is 0 Å². The van der Waals surface area contributed by atoms with Crippen molar-refractivity contribution in [2.24, 2.45) is 5.92 Å². The largest absolute Gasteiger partial charge is 0.368 e. The zero-order chi connectivity index (χ0) is 11.5. The molecule has 4 nitrogen and oxygen atoms in total. The quantitative estimate of drug-likeness (QED) is 0.832. The van der Waals surface area contributed by atoms with Gasteiger partial charge in [0.05, 0.1) is 11.6 Å². The van der Waals surface area contributed by atoms with E-state index < -0.39 is 0 Å². The van der Waals surface area contributed by atoms with Crippen LogP contribution in [0.2, 0.25) is 0 Å². The summed E-state index contributed by atoms with van der Waals surface area (Å²) in [6, 6.07) is 3.76. The van der Waals surface area contributed by atoms with Crippen LogP contribution >= 0.6 is 11.6 Å². The summed E-state index contributed by atoms with van der Waals surface area (Å²) >= 11 is 6.15. The Bertz CT molecular complexity index is 466. The number of hydrogen-bond donors (Lipinski definition) is 1. The van der Waals surface area contributed by atoms with E-state index in [2.05, 4.69) is 29.2 Å². The first-order valence-electron chi connectivity index (χ1n) is 5.35. The maximum Gasteiger partial charge on any atom is 0.157 e. The molecule has 2 aromatic rings. The molecule has 0 spiro atoms. The van der Waals surface area contributed by atoms with Crippen molar-refractivity contribution < 1.29 is 0 Å². The molecule has 0 bridgehead atoms. The predicted octanol–water partition coefficient (Wildman–Crippen LogP) is 2.40. The minimum absolute atomic E-state index is 0.114. The molecule has 0 aliphatic carbocycles. The van der Waals surface area contributed by atoms with Gasteiger partial charge in [0, 0.05) is 18.8 Å². The Labute approximate surface area is 99.6 Å². The molecule has 0 aliphatic rings. The molecular formula is C11H15ClN4. The summed E-state index contributed by atoms with van der Waals surface area (Å²) in [4.78, 5) is 4.40. The SMILES string of the molecule is CC(C)C(Cl)CNc1ccn2nccc2n1.